The third-order valence-electron chi connectivity index (χ3n) is 0.109. The highest BCUT2D eigenvalue weighted by Crippen LogP contribution is 2.00. The summed E-state index contributed by atoms with van der Waals surface area (Å²) in [6.07, 6.45) is 0. The molecule has 0 aliphatic heterocycles. The van der Waals surface area contributed by atoms with E-state index in [4.69, 9.17) is 0 Å². The van der Waals surface area contributed by atoms with E-state index in [1.807, 2.05) is 0 Å². The Kier molecular flexibility index (Phi) is 5.52. The van der Waals surface area contributed by atoms with E-state index in [2.05, 4.69) is 33.9 Å². The summed E-state index contributed by atoms with van der Waals surface area (Å²) >= 11 is 2.24. The Morgan fingerprint density at radius 1 is 2.00 bits per heavy atom. The zero-order valence-corrected chi connectivity index (χ0v) is 5.61. The maximum Gasteiger partial charge on any atom is 0.229 e. The third kappa shape index (κ3) is 3.22. The molecule has 0 aromatic rings. The molecular formula is CH4BIP. The largest absolute Gasteiger partial charge is 0.229 e. The Hall–Kier alpha value is 1.22. The van der Waals surface area contributed by atoms with E-state index in [1.54, 1.807) is 0 Å². The average Bonchev–Trinajstić information content (AvgIpc) is 1.37. The predicted molar refractivity (Wildman–Crippen MR) is 34.0 cm³/mol. The fourth-order valence-electron chi connectivity index (χ4n) is 0. The summed E-state index contributed by atoms with van der Waals surface area (Å²) in [5, 5.41) is 0. The van der Waals surface area contributed by atoms with Crippen molar-refractivity contribution in [1.82, 2.24) is 0 Å². The van der Waals surface area contributed by atoms with E-state index in [9.17, 15) is 0 Å². The van der Waals surface area contributed by atoms with Gasteiger partial charge < -0.3 is 0 Å². The van der Waals surface area contributed by atoms with Crippen LogP contribution in [0.15, 0.2) is 0 Å². The molecule has 1 unspecified atom stereocenters. The number of hydrogen-bond acceptors (Lipinski definition) is 0. The summed E-state index contributed by atoms with van der Waals surface area (Å²) < 4.78 is 0. The lowest BCUT2D eigenvalue weighted by atomic mass is 10.8. The fraction of sp³-hybridized carbons (Fsp3) is 1.00. The highest BCUT2D eigenvalue weighted by atomic mass is 127. The van der Waals surface area contributed by atoms with Gasteiger partial charge in [-0.2, -0.15) is 30.8 Å². The number of rotatable bonds is 1. The van der Waals surface area contributed by atoms with Crippen LogP contribution >= 0.6 is 30.8 Å². The van der Waals surface area contributed by atoms with Gasteiger partial charge in [-0.15, -0.1) is 0 Å². The van der Waals surface area contributed by atoms with Crippen LogP contribution in [-0.2, 0) is 0 Å². The Labute approximate surface area is 42.6 Å². The smallest absolute Gasteiger partial charge is 0.153 e. The van der Waals surface area contributed by atoms with Crippen LogP contribution in [0.5, 0.6) is 0 Å². The van der Waals surface area contributed by atoms with E-state index in [0.29, 0.717) is 0 Å². The van der Waals surface area contributed by atoms with Crippen LogP contribution in [0.2, 0.25) is 0 Å². The molecule has 0 aliphatic rings. The molecule has 23 valence electrons. The van der Waals surface area contributed by atoms with Gasteiger partial charge in [0.1, 0.15) is 0 Å². The van der Waals surface area contributed by atoms with E-state index in [0.717, 1.165) is 8.46 Å². The van der Waals surface area contributed by atoms with Crippen molar-refractivity contribution >= 4 is 35.7 Å². The van der Waals surface area contributed by atoms with Crippen LogP contribution in [-0.4, -0.2) is 11.5 Å². The lowest BCUT2D eigenvalue weighted by Crippen LogP contribution is -1.46. The summed E-state index contributed by atoms with van der Waals surface area (Å²) in [7, 11) is 1.00. The molecule has 0 spiro atoms. The normalized spacial score (nSPS) is 9.50. The highest BCUT2D eigenvalue weighted by Gasteiger charge is 1.63. The van der Waals surface area contributed by atoms with Gasteiger partial charge in [0.2, 0.25) is 4.86 Å². The van der Waals surface area contributed by atoms with Gasteiger partial charge in [0.25, 0.3) is 0 Å². The molecule has 1 atom stereocenters. The molecular weight excluding hydrogens is 181 g/mol. The van der Waals surface area contributed by atoms with Crippen molar-refractivity contribution in [3.63, 3.8) is 0 Å². The Bertz CT molecular complexity index is 10.0. The standard InChI is InChI=1S/CH4BIP/c1-4-2-3/h4H,1H3. The summed E-state index contributed by atoms with van der Waals surface area (Å²) in [4.78, 5) is 2.12. The van der Waals surface area contributed by atoms with Gasteiger partial charge in [0, 0.05) is 0 Å². The van der Waals surface area contributed by atoms with Crippen molar-refractivity contribution in [3.8, 4) is 0 Å². The van der Waals surface area contributed by atoms with Crippen molar-refractivity contribution in [2.24, 2.45) is 0 Å². The lowest BCUT2D eigenvalue weighted by Gasteiger charge is -1.63. The van der Waals surface area contributed by atoms with Crippen LogP contribution in [0, 0.1) is 0 Å². The minimum atomic E-state index is 1.00. The van der Waals surface area contributed by atoms with E-state index >= 15 is 0 Å². The molecule has 0 N–H and O–H groups in total. The molecule has 0 bridgehead atoms. The summed E-state index contributed by atoms with van der Waals surface area (Å²) in [6, 6.07) is 0. The molecule has 4 heavy (non-hydrogen) atoms. The van der Waals surface area contributed by atoms with Crippen molar-refractivity contribution in [2.45, 2.75) is 0 Å². The molecule has 0 fully saturated rings. The van der Waals surface area contributed by atoms with Crippen molar-refractivity contribution in [3.05, 3.63) is 0 Å². The molecule has 0 rings (SSSR count). The second-order valence-corrected chi connectivity index (χ2v) is 3.06. The van der Waals surface area contributed by atoms with Gasteiger partial charge in [0.05, 0.1) is 0 Å². The molecule has 1 radical (unpaired) electrons. The Morgan fingerprint density at radius 2 is 2.25 bits per heavy atom. The first-order valence-corrected chi connectivity index (χ1v) is 3.83. The average molecular weight is 185 g/mol. The zero-order valence-electron chi connectivity index (χ0n) is 2.46. The van der Waals surface area contributed by atoms with Crippen LogP contribution in [0.1, 0.15) is 0 Å². The van der Waals surface area contributed by atoms with Crippen molar-refractivity contribution in [1.29, 1.82) is 0 Å². The quantitative estimate of drug-likeness (QED) is 0.327. The molecule has 0 saturated carbocycles. The van der Waals surface area contributed by atoms with Crippen molar-refractivity contribution < 1.29 is 0 Å². The molecule has 0 aliphatic carbocycles. The van der Waals surface area contributed by atoms with E-state index in [-0.39, 0.29) is 0 Å². The van der Waals surface area contributed by atoms with Gasteiger partial charge in [-0.05, 0) is 0 Å². The van der Waals surface area contributed by atoms with Gasteiger partial charge in [-0.25, -0.2) is 0 Å². The minimum absolute atomic E-state index is 1.00. The lowest BCUT2D eigenvalue weighted by molar-refractivity contribution is 2.51. The van der Waals surface area contributed by atoms with Crippen LogP contribution in [0.3, 0.4) is 0 Å². The SMILES string of the molecule is CP[B]I. The number of halogens is 1. The highest BCUT2D eigenvalue weighted by molar-refractivity contribution is 14.1. The first-order chi connectivity index (χ1) is 1.91. The van der Waals surface area contributed by atoms with Gasteiger partial charge >= 0.3 is 0 Å². The summed E-state index contributed by atoms with van der Waals surface area (Å²) in [5.74, 6) is 0. The van der Waals surface area contributed by atoms with E-state index < -0.39 is 0 Å². The van der Waals surface area contributed by atoms with Gasteiger partial charge in [-0.1, -0.05) is 6.66 Å². The maximum absolute atomic E-state index is 2.24. The number of hydrogen-bond donors (Lipinski definition) is 0. The van der Waals surface area contributed by atoms with Gasteiger partial charge in [-0.3, -0.25) is 0 Å². The predicted octanol–water partition coefficient (Wildman–Crippen LogP) is 1.26. The van der Waals surface area contributed by atoms with Crippen molar-refractivity contribution in [2.75, 3.05) is 6.66 Å². The second-order valence-electron chi connectivity index (χ2n) is 0.398. The minimum Gasteiger partial charge on any atom is -0.153 e. The maximum atomic E-state index is 2.24. The van der Waals surface area contributed by atoms with E-state index in [1.165, 1.54) is 0 Å². The molecule has 0 amide bonds. The second kappa shape index (κ2) is 4.22. The molecule has 0 aromatic carbocycles. The topological polar surface area (TPSA) is 0 Å². The van der Waals surface area contributed by atoms with Crippen LogP contribution < -0.4 is 0 Å². The molecule has 0 heterocycles. The first-order valence-electron chi connectivity index (χ1n) is 1.01. The van der Waals surface area contributed by atoms with Crippen LogP contribution in [0.25, 0.3) is 0 Å². The molecule has 0 aromatic heterocycles. The zero-order chi connectivity index (χ0) is 3.41. The molecule has 3 heteroatoms. The monoisotopic (exact) mass is 185 g/mol. The first kappa shape index (κ1) is 5.22. The summed E-state index contributed by atoms with van der Waals surface area (Å²) in [5.41, 5.74) is 0. The van der Waals surface area contributed by atoms with Gasteiger partial charge in [0.15, 0.2) is 0 Å². The molecule has 0 saturated heterocycles. The fourth-order valence-corrected chi connectivity index (χ4v) is 0. The third-order valence-corrected chi connectivity index (χ3v) is 2.20. The Morgan fingerprint density at radius 3 is 2.25 bits per heavy atom. The Balaban J connectivity index is 1.97. The van der Waals surface area contributed by atoms with Crippen LogP contribution in [0.4, 0.5) is 0 Å². The summed E-state index contributed by atoms with van der Waals surface area (Å²) in [6.45, 7) is 2.15. The molecule has 0 nitrogen and oxygen atoms in total.